The van der Waals surface area contributed by atoms with Gasteiger partial charge in [-0.2, -0.15) is 5.10 Å². The monoisotopic (exact) mass is 392 g/mol. The van der Waals surface area contributed by atoms with Crippen LogP contribution in [-0.4, -0.2) is 47.1 Å². The van der Waals surface area contributed by atoms with E-state index in [0.29, 0.717) is 19.7 Å². The Labute approximate surface area is 165 Å². The van der Waals surface area contributed by atoms with Crippen molar-refractivity contribution in [3.63, 3.8) is 0 Å². The van der Waals surface area contributed by atoms with Crippen LogP contribution in [0.1, 0.15) is 44.7 Å². The normalized spacial score (nSPS) is 15.7. The highest BCUT2D eigenvalue weighted by molar-refractivity contribution is 7.80. The van der Waals surface area contributed by atoms with Gasteiger partial charge in [0.1, 0.15) is 5.60 Å². The number of nitrogens with one attached hydrogen (secondary N) is 1. The summed E-state index contributed by atoms with van der Waals surface area (Å²) in [6.07, 6.45) is 3.18. The number of piperidine rings is 1. The molecule has 7 nitrogen and oxygen atoms in total. The summed E-state index contributed by atoms with van der Waals surface area (Å²) in [6.45, 7) is 7.49. The number of hydrogen-bond donors (Lipinski definition) is 2. The van der Waals surface area contributed by atoms with Gasteiger partial charge in [0, 0.05) is 13.1 Å². The molecule has 3 N–H and O–H groups in total. The van der Waals surface area contributed by atoms with E-state index in [1.54, 1.807) is 11.1 Å². The van der Waals surface area contributed by atoms with E-state index >= 15 is 0 Å². The van der Waals surface area contributed by atoms with Crippen molar-refractivity contribution in [3.8, 4) is 0 Å². The van der Waals surface area contributed by atoms with Gasteiger partial charge in [-0.1, -0.05) is 24.3 Å². The molecule has 148 valence electrons. The fourth-order valence-electron chi connectivity index (χ4n) is 2.62. The molecule has 0 bridgehead atoms. The molecule has 8 heteroatoms. The first kappa shape index (κ1) is 21.1. The number of nitrogens with two attached hydrogens (primary N) is 1. The number of carbonyl (C=O) groups excluding carboxylic acids is 1. The van der Waals surface area contributed by atoms with Gasteiger partial charge in [0.25, 0.3) is 0 Å². The molecule has 0 saturated carbocycles. The summed E-state index contributed by atoms with van der Waals surface area (Å²) in [6, 6.07) is 7.90. The number of ether oxygens (including phenoxy) is 2. The summed E-state index contributed by atoms with van der Waals surface area (Å²) < 4.78 is 11.4. The first-order valence-corrected chi connectivity index (χ1v) is 9.41. The van der Waals surface area contributed by atoms with Gasteiger partial charge < -0.3 is 20.1 Å². The van der Waals surface area contributed by atoms with Crippen LogP contribution < -0.4 is 11.2 Å². The number of carbonyl (C=O) groups is 1. The number of benzene rings is 1. The number of amides is 1. The van der Waals surface area contributed by atoms with Crippen LogP contribution in [0.3, 0.4) is 0 Å². The van der Waals surface area contributed by atoms with E-state index in [1.165, 1.54) is 0 Å². The van der Waals surface area contributed by atoms with Crippen LogP contribution in [0.5, 0.6) is 0 Å². The second-order valence-electron chi connectivity index (χ2n) is 7.45. The summed E-state index contributed by atoms with van der Waals surface area (Å²) in [4.78, 5) is 13.8. The van der Waals surface area contributed by atoms with Crippen molar-refractivity contribution in [2.75, 3.05) is 13.1 Å². The molecular weight excluding hydrogens is 364 g/mol. The van der Waals surface area contributed by atoms with E-state index in [1.807, 2.05) is 45.0 Å². The molecular formula is C19H28N4O3S. The predicted molar refractivity (Wildman–Crippen MR) is 110 cm³/mol. The van der Waals surface area contributed by atoms with Crippen molar-refractivity contribution in [2.24, 2.45) is 10.8 Å². The van der Waals surface area contributed by atoms with Gasteiger partial charge in [-0.15, -0.1) is 0 Å². The smallest absolute Gasteiger partial charge is 0.410 e. The van der Waals surface area contributed by atoms with Crippen molar-refractivity contribution >= 4 is 29.6 Å². The predicted octanol–water partition coefficient (Wildman–Crippen LogP) is 2.77. The van der Waals surface area contributed by atoms with Crippen LogP contribution in [0.4, 0.5) is 4.79 Å². The molecule has 27 heavy (non-hydrogen) atoms. The van der Waals surface area contributed by atoms with E-state index < -0.39 is 5.60 Å². The average Bonchev–Trinajstić information content (AvgIpc) is 2.60. The summed E-state index contributed by atoms with van der Waals surface area (Å²) in [5, 5.41) is 4.05. The van der Waals surface area contributed by atoms with E-state index in [4.69, 9.17) is 15.2 Å². The van der Waals surface area contributed by atoms with Gasteiger partial charge >= 0.3 is 6.09 Å². The second kappa shape index (κ2) is 9.66. The fourth-order valence-corrected chi connectivity index (χ4v) is 2.67. The standard InChI is InChI=1S/C19H28N4O3S/c1-19(2,3)26-18(24)23-10-8-16(9-11-23)25-13-15-6-4-14(5-7-15)12-21-22-17(20)27/h4-7,12,16H,8-11,13H2,1-3H3,(H3,20,22,27). The SMILES string of the molecule is CC(C)(C)OC(=O)N1CCC(OCc2ccc(C=NNC(N)=S)cc2)CC1. The molecule has 2 rings (SSSR count). The third-order valence-corrected chi connectivity index (χ3v) is 4.04. The van der Waals surface area contributed by atoms with E-state index in [2.05, 4.69) is 22.7 Å². The number of likely N-dealkylation sites (tertiary alicyclic amines) is 1. The average molecular weight is 393 g/mol. The first-order valence-electron chi connectivity index (χ1n) is 9.00. The lowest BCUT2D eigenvalue weighted by Crippen LogP contribution is -2.43. The van der Waals surface area contributed by atoms with Gasteiger partial charge in [0.05, 0.1) is 18.9 Å². The van der Waals surface area contributed by atoms with Crippen molar-refractivity contribution < 1.29 is 14.3 Å². The number of thiocarbonyl (C=S) groups is 1. The zero-order valence-electron chi connectivity index (χ0n) is 16.1. The molecule has 1 aliphatic rings. The fraction of sp³-hybridized carbons (Fsp3) is 0.526. The highest BCUT2D eigenvalue weighted by Gasteiger charge is 2.27. The van der Waals surface area contributed by atoms with Crippen LogP contribution in [0.15, 0.2) is 29.4 Å². The number of nitrogens with zero attached hydrogens (tertiary/aromatic N) is 2. The van der Waals surface area contributed by atoms with Gasteiger partial charge in [0.2, 0.25) is 0 Å². The summed E-state index contributed by atoms with van der Waals surface area (Å²) in [5.74, 6) is 0. The van der Waals surface area contributed by atoms with E-state index in [9.17, 15) is 4.79 Å². The number of hydrazone groups is 1. The Kier molecular flexibility index (Phi) is 7.55. The highest BCUT2D eigenvalue weighted by Crippen LogP contribution is 2.18. The van der Waals surface area contributed by atoms with Crippen LogP contribution >= 0.6 is 12.2 Å². The van der Waals surface area contributed by atoms with Crippen molar-refractivity contribution in [1.82, 2.24) is 10.3 Å². The maximum atomic E-state index is 12.1. The Bertz CT molecular complexity index is 663. The molecule has 0 aliphatic carbocycles. The van der Waals surface area contributed by atoms with Crippen molar-refractivity contribution in [2.45, 2.75) is 51.9 Å². The number of hydrogen-bond acceptors (Lipinski definition) is 5. The van der Waals surface area contributed by atoms with Crippen LogP contribution in [0.2, 0.25) is 0 Å². The zero-order valence-corrected chi connectivity index (χ0v) is 16.9. The van der Waals surface area contributed by atoms with Gasteiger partial charge in [0.15, 0.2) is 5.11 Å². The molecule has 0 atom stereocenters. The summed E-state index contributed by atoms with van der Waals surface area (Å²) in [7, 11) is 0. The second-order valence-corrected chi connectivity index (χ2v) is 7.89. The zero-order chi connectivity index (χ0) is 19.9. The van der Waals surface area contributed by atoms with E-state index in [-0.39, 0.29) is 17.3 Å². The van der Waals surface area contributed by atoms with Crippen molar-refractivity contribution in [3.05, 3.63) is 35.4 Å². The van der Waals surface area contributed by atoms with Crippen LogP contribution in [0, 0.1) is 0 Å². The Morgan fingerprint density at radius 3 is 2.52 bits per heavy atom. The lowest BCUT2D eigenvalue weighted by Gasteiger charge is -2.33. The minimum atomic E-state index is -0.465. The molecule has 1 amide bonds. The topological polar surface area (TPSA) is 89.2 Å². The lowest BCUT2D eigenvalue weighted by atomic mass is 10.1. The van der Waals surface area contributed by atoms with Crippen LogP contribution in [0.25, 0.3) is 0 Å². The highest BCUT2D eigenvalue weighted by atomic mass is 32.1. The molecule has 1 saturated heterocycles. The van der Waals surface area contributed by atoms with Gasteiger partial charge in [-0.05, 0) is 57.0 Å². The molecule has 1 aromatic rings. The molecule has 1 fully saturated rings. The maximum absolute atomic E-state index is 12.1. The van der Waals surface area contributed by atoms with E-state index in [0.717, 1.165) is 24.0 Å². The Balaban J connectivity index is 1.73. The molecule has 1 heterocycles. The Morgan fingerprint density at radius 2 is 1.96 bits per heavy atom. The maximum Gasteiger partial charge on any atom is 0.410 e. The molecule has 0 unspecified atom stereocenters. The third kappa shape index (κ3) is 7.92. The molecule has 1 aromatic carbocycles. The largest absolute Gasteiger partial charge is 0.444 e. The quantitative estimate of drug-likeness (QED) is 0.455. The minimum Gasteiger partial charge on any atom is -0.444 e. The number of rotatable bonds is 5. The molecule has 0 spiro atoms. The Hall–Kier alpha value is -2.19. The lowest BCUT2D eigenvalue weighted by molar-refractivity contribution is -0.0170. The summed E-state index contributed by atoms with van der Waals surface area (Å²) >= 11 is 4.68. The molecule has 0 radical (unpaired) electrons. The minimum absolute atomic E-state index is 0.133. The van der Waals surface area contributed by atoms with Gasteiger partial charge in [-0.3, -0.25) is 5.43 Å². The first-order chi connectivity index (χ1) is 12.7. The van der Waals surface area contributed by atoms with Gasteiger partial charge in [-0.25, -0.2) is 4.79 Å². The molecule has 1 aliphatic heterocycles. The Morgan fingerprint density at radius 1 is 1.33 bits per heavy atom. The summed E-state index contributed by atoms with van der Waals surface area (Å²) in [5.41, 5.74) is 9.38. The van der Waals surface area contributed by atoms with Crippen LogP contribution in [-0.2, 0) is 16.1 Å². The molecule has 0 aromatic heterocycles. The van der Waals surface area contributed by atoms with Crippen molar-refractivity contribution in [1.29, 1.82) is 0 Å². The third-order valence-electron chi connectivity index (χ3n) is 3.95.